The Morgan fingerprint density at radius 2 is 1.48 bits per heavy atom. The lowest BCUT2D eigenvalue weighted by Crippen LogP contribution is -2.60. The van der Waals surface area contributed by atoms with Crippen molar-refractivity contribution in [3.63, 3.8) is 0 Å². The van der Waals surface area contributed by atoms with E-state index in [1.165, 1.54) is 37.0 Å². The van der Waals surface area contributed by atoms with Gasteiger partial charge in [-0.05, 0) is 25.7 Å². The Bertz CT molecular complexity index is 384. The van der Waals surface area contributed by atoms with Gasteiger partial charge in [0.25, 0.3) is 0 Å². The molecule has 0 radical (unpaired) electrons. The number of aliphatic carboxylic acids is 1. The van der Waals surface area contributed by atoms with Crippen molar-refractivity contribution in [1.82, 2.24) is 4.90 Å². The summed E-state index contributed by atoms with van der Waals surface area (Å²) in [4.78, 5) is 25.9. The first-order valence-corrected chi connectivity index (χ1v) is 10.1. The van der Waals surface area contributed by atoms with E-state index in [4.69, 9.17) is 4.74 Å². The summed E-state index contributed by atoms with van der Waals surface area (Å²) in [7, 11) is 0. The molecule has 0 rings (SSSR count). The van der Waals surface area contributed by atoms with E-state index in [2.05, 4.69) is 6.92 Å². The van der Waals surface area contributed by atoms with Crippen LogP contribution in [-0.4, -0.2) is 40.8 Å². The van der Waals surface area contributed by atoms with Crippen LogP contribution in [0.3, 0.4) is 0 Å². The van der Waals surface area contributed by atoms with E-state index in [1.54, 1.807) is 6.92 Å². The van der Waals surface area contributed by atoms with Crippen LogP contribution in [0.25, 0.3) is 0 Å². The van der Waals surface area contributed by atoms with E-state index in [-0.39, 0.29) is 12.5 Å². The molecule has 0 aliphatic rings. The summed E-state index contributed by atoms with van der Waals surface area (Å²) >= 11 is 0. The number of rotatable bonds is 14. The first-order chi connectivity index (χ1) is 11.9. The second-order valence-electron chi connectivity index (χ2n) is 7.06. The summed E-state index contributed by atoms with van der Waals surface area (Å²) in [6, 6.07) is 0. The highest BCUT2D eigenvalue weighted by Gasteiger charge is 2.48. The number of carboxylic acids is 1. The minimum Gasteiger partial charge on any atom is -0.479 e. The van der Waals surface area contributed by atoms with Crippen LogP contribution in [0.4, 0.5) is 4.79 Å². The summed E-state index contributed by atoms with van der Waals surface area (Å²) in [5, 5.41) is 9.86. The van der Waals surface area contributed by atoms with E-state index in [9.17, 15) is 14.7 Å². The molecule has 0 unspecified atom stereocenters. The zero-order valence-corrected chi connectivity index (χ0v) is 17.0. The van der Waals surface area contributed by atoms with Crippen molar-refractivity contribution in [3.05, 3.63) is 0 Å². The Hall–Kier alpha value is -1.26. The zero-order valence-electron chi connectivity index (χ0n) is 17.0. The van der Waals surface area contributed by atoms with Gasteiger partial charge in [-0.25, -0.2) is 9.59 Å². The number of ether oxygens (including phenoxy) is 1. The van der Waals surface area contributed by atoms with Crippen LogP contribution < -0.4 is 0 Å². The minimum absolute atomic E-state index is 0.187. The number of hydrogen-bond acceptors (Lipinski definition) is 3. The molecule has 0 aliphatic carbocycles. The molecule has 5 heteroatoms. The fourth-order valence-corrected chi connectivity index (χ4v) is 3.48. The van der Waals surface area contributed by atoms with Gasteiger partial charge in [0.2, 0.25) is 0 Å². The fourth-order valence-electron chi connectivity index (χ4n) is 3.48. The molecule has 0 aromatic rings. The maximum atomic E-state index is 12.4. The van der Waals surface area contributed by atoms with Crippen LogP contribution >= 0.6 is 0 Å². The Balaban J connectivity index is 4.78. The van der Waals surface area contributed by atoms with Crippen LogP contribution in [0.15, 0.2) is 0 Å². The zero-order chi connectivity index (χ0) is 19.3. The van der Waals surface area contributed by atoms with Gasteiger partial charge in [0, 0.05) is 6.54 Å². The topological polar surface area (TPSA) is 66.8 Å². The van der Waals surface area contributed by atoms with Crippen molar-refractivity contribution in [2.75, 3.05) is 13.2 Å². The summed E-state index contributed by atoms with van der Waals surface area (Å²) < 4.78 is 5.16. The molecule has 148 valence electrons. The van der Waals surface area contributed by atoms with E-state index >= 15 is 0 Å². The molecule has 0 aromatic carbocycles. The molecule has 25 heavy (non-hydrogen) atoms. The largest absolute Gasteiger partial charge is 0.479 e. The van der Waals surface area contributed by atoms with Crippen LogP contribution in [0.1, 0.15) is 92.4 Å². The maximum Gasteiger partial charge on any atom is 0.410 e. The lowest BCUT2D eigenvalue weighted by Gasteiger charge is -2.42. The highest BCUT2D eigenvalue weighted by Crippen LogP contribution is 2.30. The number of carbonyl (C=O) groups is 2. The van der Waals surface area contributed by atoms with Gasteiger partial charge >= 0.3 is 12.1 Å². The van der Waals surface area contributed by atoms with Crippen LogP contribution in [-0.2, 0) is 9.53 Å². The molecule has 0 aromatic heterocycles. The molecular weight excluding hydrogens is 318 g/mol. The van der Waals surface area contributed by atoms with Gasteiger partial charge in [0.05, 0.1) is 6.61 Å². The van der Waals surface area contributed by atoms with Gasteiger partial charge in [-0.3, -0.25) is 4.90 Å². The van der Waals surface area contributed by atoms with Gasteiger partial charge in [-0.1, -0.05) is 72.6 Å². The summed E-state index contributed by atoms with van der Waals surface area (Å²) in [6.45, 7) is 10.2. The number of unbranched alkanes of at least 4 members (excludes halogenated alkanes) is 7. The molecule has 0 saturated carbocycles. The summed E-state index contributed by atoms with van der Waals surface area (Å²) in [5.74, 6) is -1.13. The number of hydrogen-bond donors (Lipinski definition) is 1. The normalized spacial score (nSPS) is 13.5. The molecule has 1 amide bonds. The highest BCUT2D eigenvalue weighted by molar-refractivity contribution is 5.84. The molecule has 1 atom stereocenters. The van der Waals surface area contributed by atoms with E-state index in [0.717, 1.165) is 19.3 Å². The Kier molecular flexibility index (Phi) is 12.4. The number of carboxylic acid groups (broad SMARTS) is 1. The van der Waals surface area contributed by atoms with Gasteiger partial charge < -0.3 is 9.84 Å². The molecule has 0 bridgehead atoms. The predicted molar refractivity (Wildman–Crippen MR) is 102 cm³/mol. The monoisotopic (exact) mass is 357 g/mol. The maximum absolute atomic E-state index is 12.4. The third-order valence-electron chi connectivity index (χ3n) is 5.07. The molecule has 1 N–H and O–H groups in total. The van der Waals surface area contributed by atoms with Crippen molar-refractivity contribution >= 4 is 12.1 Å². The minimum atomic E-state index is -1.20. The van der Waals surface area contributed by atoms with Gasteiger partial charge in [0.1, 0.15) is 5.54 Å². The van der Waals surface area contributed by atoms with Gasteiger partial charge in [0.15, 0.2) is 0 Å². The number of amides is 1. The molecule has 0 saturated heterocycles. The first-order valence-electron chi connectivity index (χ1n) is 10.1. The molecule has 0 heterocycles. The lowest BCUT2D eigenvalue weighted by atomic mass is 9.82. The van der Waals surface area contributed by atoms with Crippen LogP contribution in [0.5, 0.6) is 0 Å². The molecule has 0 spiro atoms. The van der Waals surface area contributed by atoms with Crippen LogP contribution in [0.2, 0.25) is 0 Å². The third kappa shape index (κ3) is 7.25. The molecule has 0 aliphatic heterocycles. The second kappa shape index (κ2) is 13.0. The van der Waals surface area contributed by atoms with Crippen molar-refractivity contribution in [2.24, 2.45) is 5.92 Å². The van der Waals surface area contributed by atoms with Gasteiger partial charge in [-0.2, -0.15) is 0 Å². The SMILES string of the molecule is CCCCCCCCCCN(C(=O)OCC)[C@](CC)(C(=O)O)C(C)C. The van der Waals surface area contributed by atoms with Crippen LogP contribution in [0, 0.1) is 5.92 Å². The fraction of sp³-hybridized carbons (Fsp3) is 0.900. The van der Waals surface area contributed by atoms with Crippen molar-refractivity contribution in [2.45, 2.75) is 97.9 Å². The average molecular weight is 358 g/mol. The predicted octanol–water partition coefficient (Wildman–Crippen LogP) is 5.48. The molecule has 0 fully saturated rings. The quantitative estimate of drug-likeness (QED) is 0.418. The average Bonchev–Trinajstić information content (AvgIpc) is 2.56. The smallest absolute Gasteiger partial charge is 0.410 e. The third-order valence-corrected chi connectivity index (χ3v) is 5.07. The van der Waals surface area contributed by atoms with Crippen molar-refractivity contribution < 1.29 is 19.4 Å². The Morgan fingerprint density at radius 1 is 0.960 bits per heavy atom. The first kappa shape index (κ1) is 23.7. The van der Waals surface area contributed by atoms with Gasteiger partial charge in [-0.15, -0.1) is 0 Å². The molecule has 5 nitrogen and oxygen atoms in total. The second-order valence-corrected chi connectivity index (χ2v) is 7.06. The van der Waals surface area contributed by atoms with Crippen molar-refractivity contribution in [3.8, 4) is 0 Å². The van der Waals surface area contributed by atoms with E-state index in [1.807, 2.05) is 20.8 Å². The number of carbonyl (C=O) groups excluding carboxylic acids is 1. The number of nitrogens with zero attached hydrogens (tertiary/aromatic N) is 1. The van der Waals surface area contributed by atoms with E-state index in [0.29, 0.717) is 13.0 Å². The lowest BCUT2D eigenvalue weighted by molar-refractivity contribution is -0.154. The van der Waals surface area contributed by atoms with Crippen molar-refractivity contribution in [1.29, 1.82) is 0 Å². The van der Waals surface area contributed by atoms with E-state index < -0.39 is 17.6 Å². The standard InChI is InChI=1S/C20H39NO4/c1-6-9-10-11-12-13-14-15-16-21(19(24)25-8-3)20(7-2,17(4)5)18(22)23/h17H,6-16H2,1-5H3,(H,22,23)/t20-/m0/s1. The molecular formula is C20H39NO4. The summed E-state index contributed by atoms with van der Waals surface area (Å²) in [5.41, 5.74) is -1.20. The summed E-state index contributed by atoms with van der Waals surface area (Å²) in [6.07, 6.45) is 9.12. The Labute approximate surface area is 154 Å². The Morgan fingerprint density at radius 3 is 1.88 bits per heavy atom. The highest BCUT2D eigenvalue weighted by atomic mass is 16.6.